The Morgan fingerprint density at radius 3 is 2.63 bits per heavy atom. The normalized spacial score (nSPS) is 10.9. The van der Waals surface area contributed by atoms with Crippen LogP contribution in [0.1, 0.15) is 0 Å². The smallest absolute Gasteiger partial charge is 0.188 e. The summed E-state index contributed by atoms with van der Waals surface area (Å²) in [6.45, 7) is 0. The van der Waals surface area contributed by atoms with E-state index in [-0.39, 0.29) is 11.6 Å². The van der Waals surface area contributed by atoms with Crippen molar-refractivity contribution in [3.63, 3.8) is 0 Å². The topological polar surface area (TPSA) is 24.9 Å². The number of anilines is 2. The molecule has 19 heavy (non-hydrogen) atoms. The number of aromatic nitrogens is 1. The number of benzene rings is 2. The zero-order valence-electron chi connectivity index (χ0n) is 9.45. The van der Waals surface area contributed by atoms with Gasteiger partial charge in [-0.25, -0.2) is 13.8 Å². The van der Waals surface area contributed by atoms with Crippen LogP contribution in [0.4, 0.5) is 19.6 Å². The highest BCUT2D eigenvalue weighted by Crippen LogP contribution is 2.31. The first kappa shape index (κ1) is 12.5. The lowest BCUT2D eigenvalue weighted by Gasteiger charge is -2.04. The summed E-state index contributed by atoms with van der Waals surface area (Å²) in [4.78, 5) is 4.26. The fourth-order valence-electron chi connectivity index (χ4n) is 1.66. The molecule has 0 aliphatic carbocycles. The van der Waals surface area contributed by atoms with Crippen LogP contribution in [0.5, 0.6) is 0 Å². The van der Waals surface area contributed by atoms with Gasteiger partial charge in [0.25, 0.3) is 0 Å². The molecule has 3 aromatic rings. The van der Waals surface area contributed by atoms with Gasteiger partial charge in [0.05, 0.1) is 15.9 Å². The molecule has 3 rings (SSSR count). The molecule has 0 aliphatic heterocycles. The van der Waals surface area contributed by atoms with Crippen molar-refractivity contribution >= 4 is 48.3 Å². The monoisotopic (exact) mass is 340 g/mol. The minimum absolute atomic E-state index is 0.323. The second-order valence-corrected chi connectivity index (χ2v) is 5.77. The van der Waals surface area contributed by atoms with E-state index in [4.69, 9.17) is 0 Å². The molecule has 1 aromatic heterocycles. The number of nitrogens with one attached hydrogen (secondary N) is 1. The third kappa shape index (κ3) is 2.59. The van der Waals surface area contributed by atoms with E-state index in [1.54, 1.807) is 12.1 Å². The van der Waals surface area contributed by atoms with Gasteiger partial charge in [0.1, 0.15) is 11.6 Å². The van der Waals surface area contributed by atoms with E-state index in [2.05, 4.69) is 26.2 Å². The molecule has 0 radical (unpaired) electrons. The first-order chi connectivity index (χ1) is 9.11. The SMILES string of the molecule is Fc1ccc(Br)c(Nc2nc3cc(F)ccc3s2)c1. The molecule has 2 aromatic carbocycles. The summed E-state index contributed by atoms with van der Waals surface area (Å²) >= 11 is 4.71. The van der Waals surface area contributed by atoms with Crippen LogP contribution in [0.15, 0.2) is 40.9 Å². The number of nitrogens with zero attached hydrogens (tertiary/aromatic N) is 1. The highest BCUT2D eigenvalue weighted by atomic mass is 79.9. The van der Waals surface area contributed by atoms with Crippen molar-refractivity contribution in [2.75, 3.05) is 5.32 Å². The molecule has 96 valence electrons. The molecule has 0 amide bonds. The van der Waals surface area contributed by atoms with Gasteiger partial charge in [-0.3, -0.25) is 0 Å². The van der Waals surface area contributed by atoms with Gasteiger partial charge >= 0.3 is 0 Å². The summed E-state index contributed by atoms with van der Waals surface area (Å²) in [6.07, 6.45) is 0. The maximum atomic E-state index is 13.2. The first-order valence-corrected chi connectivity index (χ1v) is 7.01. The Bertz CT molecular complexity index is 757. The van der Waals surface area contributed by atoms with Crippen LogP contribution >= 0.6 is 27.3 Å². The minimum atomic E-state index is -0.335. The standard InChI is InChI=1S/C13H7BrF2N2S/c14-9-3-1-7(15)5-10(9)17-13-18-11-6-8(16)2-4-12(11)19-13/h1-6H,(H,17,18). The number of hydrogen-bond acceptors (Lipinski definition) is 3. The fourth-order valence-corrected chi connectivity index (χ4v) is 2.87. The van der Waals surface area contributed by atoms with Crippen molar-refractivity contribution < 1.29 is 8.78 Å². The number of fused-ring (bicyclic) bond motifs is 1. The summed E-state index contributed by atoms with van der Waals surface area (Å²) in [7, 11) is 0. The van der Waals surface area contributed by atoms with Crippen LogP contribution in [0.2, 0.25) is 0 Å². The van der Waals surface area contributed by atoms with Crippen LogP contribution in [0.3, 0.4) is 0 Å². The highest BCUT2D eigenvalue weighted by molar-refractivity contribution is 9.10. The van der Waals surface area contributed by atoms with E-state index in [0.717, 1.165) is 9.17 Å². The van der Waals surface area contributed by atoms with E-state index in [9.17, 15) is 8.78 Å². The van der Waals surface area contributed by atoms with E-state index in [0.29, 0.717) is 16.3 Å². The van der Waals surface area contributed by atoms with E-state index in [1.807, 2.05) is 0 Å². The third-order valence-corrected chi connectivity index (χ3v) is 4.16. The summed E-state index contributed by atoms with van der Waals surface area (Å²) in [5.41, 5.74) is 1.17. The van der Waals surface area contributed by atoms with E-state index >= 15 is 0 Å². The van der Waals surface area contributed by atoms with Gasteiger partial charge in [-0.05, 0) is 46.3 Å². The Morgan fingerprint density at radius 2 is 1.79 bits per heavy atom. The molecule has 0 aliphatic rings. The van der Waals surface area contributed by atoms with Gasteiger partial charge in [-0.1, -0.05) is 11.3 Å². The van der Waals surface area contributed by atoms with Gasteiger partial charge < -0.3 is 5.32 Å². The Balaban J connectivity index is 1.98. The molecular formula is C13H7BrF2N2S. The van der Waals surface area contributed by atoms with Gasteiger partial charge in [0, 0.05) is 10.5 Å². The Morgan fingerprint density at radius 1 is 1.05 bits per heavy atom. The van der Waals surface area contributed by atoms with Crippen LogP contribution in [-0.4, -0.2) is 4.98 Å². The van der Waals surface area contributed by atoms with E-state index in [1.165, 1.54) is 35.6 Å². The zero-order valence-corrected chi connectivity index (χ0v) is 11.9. The first-order valence-electron chi connectivity index (χ1n) is 5.40. The maximum absolute atomic E-state index is 13.2. The maximum Gasteiger partial charge on any atom is 0.188 e. The average Bonchev–Trinajstić information content (AvgIpc) is 2.75. The molecule has 6 heteroatoms. The number of hydrogen-bond donors (Lipinski definition) is 1. The van der Waals surface area contributed by atoms with E-state index < -0.39 is 0 Å². The van der Waals surface area contributed by atoms with Crippen molar-refractivity contribution in [1.82, 2.24) is 4.98 Å². The van der Waals surface area contributed by atoms with Crippen LogP contribution in [0.25, 0.3) is 10.2 Å². The third-order valence-electron chi connectivity index (χ3n) is 2.52. The largest absolute Gasteiger partial charge is 0.330 e. The minimum Gasteiger partial charge on any atom is -0.330 e. The van der Waals surface area contributed by atoms with Crippen LogP contribution < -0.4 is 5.32 Å². The quantitative estimate of drug-likeness (QED) is 0.703. The second kappa shape index (κ2) is 4.86. The number of halogens is 3. The summed E-state index contributed by atoms with van der Waals surface area (Å²) in [5.74, 6) is -0.658. The van der Waals surface area contributed by atoms with Crippen LogP contribution in [0, 0.1) is 11.6 Å². The van der Waals surface area contributed by atoms with Gasteiger partial charge in [0.2, 0.25) is 0 Å². The molecule has 1 heterocycles. The summed E-state index contributed by atoms with van der Waals surface area (Å²) in [6, 6.07) is 8.79. The lowest BCUT2D eigenvalue weighted by Crippen LogP contribution is -1.91. The van der Waals surface area contributed by atoms with Crippen molar-refractivity contribution in [3.05, 3.63) is 52.5 Å². The molecule has 0 atom stereocenters. The molecular weight excluding hydrogens is 334 g/mol. The van der Waals surface area contributed by atoms with Crippen molar-refractivity contribution in [2.24, 2.45) is 0 Å². The molecule has 1 N–H and O–H groups in total. The molecule has 0 bridgehead atoms. The molecule has 0 fully saturated rings. The number of thiazole rings is 1. The lowest BCUT2D eigenvalue weighted by molar-refractivity contribution is 0.628. The van der Waals surface area contributed by atoms with Gasteiger partial charge in [-0.15, -0.1) is 0 Å². The van der Waals surface area contributed by atoms with Crippen LogP contribution in [-0.2, 0) is 0 Å². The lowest BCUT2D eigenvalue weighted by atomic mass is 10.3. The highest BCUT2D eigenvalue weighted by Gasteiger charge is 2.07. The van der Waals surface area contributed by atoms with Crippen molar-refractivity contribution in [2.45, 2.75) is 0 Å². The van der Waals surface area contributed by atoms with Gasteiger partial charge in [0.15, 0.2) is 5.13 Å². The Hall–Kier alpha value is -1.53. The molecule has 0 spiro atoms. The molecule has 0 saturated heterocycles. The summed E-state index contributed by atoms with van der Waals surface area (Å²) < 4.78 is 27.9. The predicted octanol–water partition coefficient (Wildman–Crippen LogP) is 5.08. The van der Waals surface area contributed by atoms with Crippen molar-refractivity contribution in [3.8, 4) is 0 Å². The van der Waals surface area contributed by atoms with Crippen molar-refractivity contribution in [1.29, 1.82) is 0 Å². The Kier molecular flexibility index (Phi) is 3.20. The molecule has 0 unspecified atom stereocenters. The molecule has 0 saturated carbocycles. The average molecular weight is 341 g/mol. The Labute approximate surface area is 120 Å². The number of rotatable bonds is 2. The fraction of sp³-hybridized carbons (Fsp3) is 0. The predicted molar refractivity (Wildman–Crippen MR) is 77.0 cm³/mol. The molecule has 2 nitrogen and oxygen atoms in total. The van der Waals surface area contributed by atoms with Gasteiger partial charge in [-0.2, -0.15) is 0 Å². The summed E-state index contributed by atoms with van der Waals surface area (Å²) in [5, 5.41) is 3.61. The zero-order chi connectivity index (χ0) is 13.4. The second-order valence-electron chi connectivity index (χ2n) is 3.88.